The first-order valence-electron chi connectivity index (χ1n) is 5.42. The van der Waals surface area contributed by atoms with Crippen molar-refractivity contribution in [2.24, 2.45) is 0 Å². The lowest BCUT2D eigenvalue weighted by Crippen LogP contribution is -2.13. The van der Waals surface area contributed by atoms with Gasteiger partial charge in [-0.3, -0.25) is 0 Å². The highest BCUT2D eigenvalue weighted by Crippen LogP contribution is 2.09. The second-order valence-electron chi connectivity index (χ2n) is 3.80. The molecular weight excluding hydrogens is 279 g/mol. The summed E-state index contributed by atoms with van der Waals surface area (Å²) in [7, 11) is 0. The number of benzene rings is 1. The minimum atomic E-state index is -2.62. The Morgan fingerprint density at radius 3 is 2.63 bits per heavy atom. The molecule has 0 aliphatic rings. The summed E-state index contributed by atoms with van der Waals surface area (Å²) in [4.78, 5) is 0. The van der Waals surface area contributed by atoms with Crippen LogP contribution in [0.25, 0.3) is 0 Å². The summed E-state index contributed by atoms with van der Waals surface area (Å²) in [6.45, 7) is -1.81. The zero-order chi connectivity index (χ0) is 13.0. The fourth-order valence-corrected chi connectivity index (χ4v) is 1.56. The molecule has 1 aromatic heterocycles. The van der Waals surface area contributed by atoms with E-state index in [9.17, 15) is 13.2 Å². The Bertz CT molecular complexity index is 516. The molecule has 0 fully saturated rings. The molecule has 2 rings (SSSR count). The van der Waals surface area contributed by atoms with Gasteiger partial charge >= 0.3 is 6.55 Å². The molecule has 2 aromatic rings. The first kappa shape index (κ1) is 15.5. The molecule has 3 nitrogen and oxygen atoms in total. The molecule has 0 atom stereocenters. The van der Waals surface area contributed by atoms with Gasteiger partial charge in [0.1, 0.15) is 5.82 Å². The Labute approximate surface area is 114 Å². The van der Waals surface area contributed by atoms with E-state index >= 15 is 0 Å². The van der Waals surface area contributed by atoms with Crippen LogP contribution in [0.4, 0.5) is 13.2 Å². The number of hydrogen-bond acceptors (Lipinski definition) is 2. The maximum Gasteiger partial charge on any atom is 0.333 e. The van der Waals surface area contributed by atoms with Crippen molar-refractivity contribution in [3.8, 4) is 0 Å². The predicted molar refractivity (Wildman–Crippen MR) is 67.7 cm³/mol. The van der Waals surface area contributed by atoms with Crippen LogP contribution in [0.2, 0.25) is 0 Å². The monoisotopic (exact) mass is 291 g/mol. The largest absolute Gasteiger partial charge is 0.333 e. The zero-order valence-electron chi connectivity index (χ0n) is 9.89. The lowest BCUT2D eigenvalue weighted by molar-refractivity contribution is 0.0561. The van der Waals surface area contributed by atoms with Crippen LogP contribution in [0.3, 0.4) is 0 Å². The number of nitrogens with zero attached hydrogens (tertiary/aromatic N) is 2. The van der Waals surface area contributed by atoms with Crippen LogP contribution in [-0.2, 0) is 13.1 Å². The van der Waals surface area contributed by atoms with E-state index in [1.165, 1.54) is 24.4 Å². The van der Waals surface area contributed by atoms with Gasteiger partial charge in [-0.1, -0.05) is 12.1 Å². The third kappa shape index (κ3) is 4.57. The first-order chi connectivity index (χ1) is 8.65. The average Bonchev–Trinajstić information content (AvgIpc) is 2.78. The fraction of sp³-hybridized carbons (Fsp3) is 0.250. The molecule has 0 amide bonds. The second-order valence-corrected chi connectivity index (χ2v) is 3.80. The van der Waals surface area contributed by atoms with E-state index in [0.717, 1.165) is 5.56 Å². The van der Waals surface area contributed by atoms with Gasteiger partial charge in [0, 0.05) is 19.3 Å². The molecule has 0 saturated carbocycles. The van der Waals surface area contributed by atoms with E-state index in [4.69, 9.17) is 0 Å². The predicted octanol–water partition coefficient (Wildman–Crippen LogP) is 3.13. The van der Waals surface area contributed by atoms with Crippen LogP contribution in [0.1, 0.15) is 17.8 Å². The van der Waals surface area contributed by atoms with E-state index < -0.39 is 6.55 Å². The molecule has 0 spiro atoms. The summed E-state index contributed by atoms with van der Waals surface area (Å²) < 4.78 is 38.0. The van der Waals surface area contributed by atoms with Crippen molar-refractivity contribution < 1.29 is 13.2 Å². The van der Waals surface area contributed by atoms with Crippen LogP contribution in [0.15, 0.2) is 36.5 Å². The summed E-state index contributed by atoms with van der Waals surface area (Å²) >= 11 is 0. The molecule has 19 heavy (non-hydrogen) atoms. The van der Waals surface area contributed by atoms with Crippen molar-refractivity contribution in [3.63, 3.8) is 0 Å². The highest BCUT2D eigenvalue weighted by atomic mass is 35.5. The number of nitrogens with one attached hydrogen (secondary N) is 1. The highest BCUT2D eigenvalue weighted by molar-refractivity contribution is 5.85. The van der Waals surface area contributed by atoms with Gasteiger partial charge in [0.15, 0.2) is 0 Å². The Morgan fingerprint density at radius 1 is 1.21 bits per heavy atom. The molecule has 7 heteroatoms. The quantitative estimate of drug-likeness (QED) is 0.917. The van der Waals surface area contributed by atoms with Crippen molar-refractivity contribution in [3.05, 3.63) is 53.6 Å². The molecule has 0 radical (unpaired) electrons. The molecule has 0 saturated heterocycles. The third-order valence-corrected chi connectivity index (χ3v) is 2.39. The number of aromatic nitrogens is 2. The smallest absolute Gasteiger partial charge is 0.307 e. The van der Waals surface area contributed by atoms with E-state index in [-0.39, 0.29) is 18.2 Å². The van der Waals surface area contributed by atoms with Crippen LogP contribution in [0, 0.1) is 5.82 Å². The molecule has 1 aromatic carbocycles. The van der Waals surface area contributed by atoms with Gasteiger partial charge < -0.3 is 5.32 Å². The van der Waals surface area contributed by atoms with Gasteiger partial charge in [-0.2, -0.15) is 13.9 Å². The summed E-state index contributed by atoms with van der Waals surface area (Å²) in [6, 6.07) is 7.72. The number of alkyl halides is 2. The van der Waals surface area contributed by atoms with E-state index in [1.807, 2.05) is 0 Å². The fourth-order valence-electron chi connectivity index (χ4n) is 1.56. The van der Waals surface area contributed by atoms with Gasteiger partial charge in [-0.05, 0) is 23.8 Å². The summed E-state index contributed by atoms with van der Waals surface area (Å²) in [5, 5.41) is 6.70. The van der Waals surface area contributed by atoms with Crippen LogP contribution in [0.5, 0.6) is 0 Å². The summed E-state index contributed by atoms with van der Waals surface area (Å²) in [6.07, 6.45) is 1.23. The topological polar surface area (TPSA) is 29.9 Å². The van der Waals surface area contributed by atoms with Crippen LogP contribution in [-0.4, -0.2) is 9.78 Å². The standard InChI is InChI=1S/C12H12F3N3.ClH/c13-10-3-1-2-9(6-10)7-16-8-11-4-5-18(17-11)12(14)15;/h1-6,12,16H,7-8H2;1H. The normalized spacial score (nSPS) is 10.5. The second kappa shape index (κ2) is 7.16. The van der Waals surface area contributed by atoms with Crippen molar-refractivity contribution >= 4 is 12.4 Å². The van der Waals surface area contributed by atoms with Gasteiger partial charge in [0.2, 0.25) is 0 Å². The van der Waals surface area contributed by atoms with E-state index in [0.29, 0.717) is 23.5 Å². The van der Waals surface area contributed by atoms with Crippen molar-refractivity contribution in [2.75, 3.05) is 0 Å². The molecule has 104 valence electrons. The lowest BCUT2D eigenvalue weighted by Gasteiger charge is -2.03. The first-order valence-corrected chi connectivity index (χ1v) is 5.42. The molecule has 1 heterocycles. The van der Waals surface area contributed by atoms with Crippen molar-refractivity contribution in [1.82, 2.24) is 15.1 Å². The van der Waals surface area contributed by atoms with Gasteiger partial charge in [0.25, 0.3) is 0 Å². The maximum atomic E-state index is 12.9. The molecule has 0 unspecified atom stereocenters. The summed E-state index contributed by atoms with van der Waals surface area (Å²) in [5.74, 6) is -0.295. The highest BCUT2D eigenvalue weighted by Gasteiger charge is 2.06. The Hall–Kier alpha value is -1.53. The molecule has 0 bridgehead atoms. The number of rotatable bonds is 5. The van der Waals surface area contributed by atoms with Gasteiger partial charge in [-0.25, -0.2) is 9.07 Å². The van der Waals surface area contributed by atoms with E-state index in [2.05, 4.69) is 10.4 Å². The van der Waals surface area contributed by atoms with Crippen molar-refractivity contribution in [1.29, 1.82) is 0 Å². The Morgan fingerprint density at radius 2 is 2.00 bits per heavy atom. The molecule has 1 N–H and O–H groups in total. The minimum absolute atomic E-state index is 0. The third-order valence-electron chi connectivity index (χ3n) is 2.39. The number of halogens is 4. The average molecular weight is 292 g/mol. The zero-order valence-corrected chi connectivity index (χ0v) is 10.7. The lowest BCUT2D eigenvalue weighted by atomic mass is 10.2. The minimum Gasteiger partial charge on any atom is -0.307 e. The van der Waals surface area contributed by atoms with Gasteiger partial charge in [0.05, 0.1) is 5.69 Å². The molecule has 0 aliphatic carbocycles. The maximum absolute atomic E-state index is 12.9. The Kier molecular flexibility index (Phi) is 5.85. The number of hydrogen-bond donors (Lipinski definition) is 1. The summed E-state index contributed by atoms with van der Waals surface area (Å²) in [5.41, 5.74) is 1.31. The molecule has 0 aliphatic heterocycles. The van der Waals surface area contributed by atoms with Gasteiger partial charge in [-0.15, -0.1) is 12.4 Å². The van der Waals surface area contributed by atoms with Crippen molar-refractivity contribution in [2.45, 2.75) is 19.6 Å². The Balaban J connectivity index is 0.00000180. The molecular formula is C12H13ClF3N3. The SMILES string of the molecule is Cl.Fc1cccc(CNCc2ccn(C(F)F)n2)c1. The van der Waals surface area contributed by atoms with Crippen LogP contribution >= 0.6 is 12.4 Å². The van der Waals surface area contributed by atoms with Crippen LogP contribution < -0.4 is 5.32 Å². The van der Waals surface area contributed by atoms with E-state index in [1.54, 1.807) is 12.1 Å².